The highest BCUT2D eigenvalue weighted by Gasteiger charge is 2.15. The molecule has 0 aliphatic heterocycles. The van der Waals surface area contributed by atoms with E-state index >= 15 is 0 Å². The second-order valence-corrected chi connectivity index (χ2v) is 8.71. The summed E-state index contributed by atoms with van der Waals surface area (Å²) in [5.74, 6) is 7.87. The van der Waals surface area contributed by atoms with Crippen LogP contribution in [0.3, 0.4) is 0 Å². The standard InChI is InChI=1S/C28H32N8O2/c1-3-15-35(18-19-37)16-8-4-5-9-22-12-17-36-26(22)28(33-27(34-36)24-10-6-7-13-29-24)32-23-11-14-30-25(20-23)31-21(2)38/h6-7,10-14,17,20,37H,3,8-9,15-16,18-19H2,1-2H3,(H2,30,31,32,33,34,38). The number of amides is 1. The number of hydrogen-bond acceptors (Lipinski definition) is 8. The van der Waals surface area contributed by atoms with Crippen molar-refractivity contribution in [1.29, 1.82) is 0 Å². The average molecular weight is 513 g/mol. The van der Waals surface area contributed by atoms with Crippen LogP contribution >= 0.6 is 0 Å². The zero-order chi connectivity index (χ0) is 26.7. The maximum Gasteiger partial charge on any atom is 0.222 e. The SMILES string of the molecule is CCCN(CCO)CCC#CCc1ccn2nc(-c3ccccn3)nc(Nc3ccnc(NC(C)=O)c3)c12. The van der Waals surface area contributed by atoms with Gasteiger partial charge in [-0.25, -0.2) is 14.5 Å². The summed E-state index contributed by atoms with van der Waals surface area (Å²) in [5, 5.41) is 20.0. The Balaban J connectivity index is 1.62. The van der Waals surface area contributed by atoms with Gasteiger partial charge in [0.25, 0.3) is 0 Å². The summed E-state index contributed by atoms with van der Waals surface area (Å²) in [6.45, 7) is 6.19. The molecule has 0 atom stereocenters. The van der Waals surface area contributed by atoms with E-state index in [2.05, 4.69) is 49.4 Å². The van der Waals surface area contributed by atoms with Crippen molar-refractivity contribution < 1.29 is 9.90 Å². The minimum Gasteiger partial charge on any atom is -0.395 e. The molecule has 0 radical (unpaired) electrons. The normalized spacial score (nSPS) is 10.8. The van der Waals surface area contributed by atoms with Gasteiger partial charge in [-0.1, -0.05) is 18.9 Å². The monoisotopic (exact) mass is 512 g/mol. The summed E-state index contributed by atoms with van der Waals surface area (Å²) < 4.78 is 1.79. The van der Waals surface area contributed by atoms with E-state index in [0.29, 0.717) is 36.1 Å². The lowest BCUT2D eigenvalue weighted by Gasteiger charge is -2.18. The van der Waals surface area contributed by atoms with Crippen molar-refractivity contribution in [2.45, 2.75) is 33.1 Å². The molecule has 4 aromatic rings. The van der Waals surface area contributed by atoms with Crippen LogP contribution in [-0.2, 0) is 11.2 Å². The van der Waals surface area contributed by atoms with Gasteiger partial charge in [0, 0.05) is 63.2 Å². The summed E-state index contributed by atoms with van der Waals surface area (Å²) in [6.07, 6.45) is 7.54. The largest absolute Gasteiger partial charge is 0.395 e. The first-order valence-corrected chi connectivity index (χ1v) is 12.7. The van der Waals surface area contributed by atoms with Crippen molar-refractivity contribution in [3.05, 3.63) is 60.6 Å². The predicted molar refractivity (Wildman–Crippen MR) is 148 cm³/mol. The molecule has 0 spiro atoms. The van der Waals surface area contributed by atoms with Crippen LogP contribution in [0.5, 0.6) is 0 Å². The summed E-state index contributed by atoms with van der Waals surface area (Å²) in [4.78, 5) is 27.1. The highest BCUT2D eigenvalue weighted by Crippen LogP contribution is 2.27. The second kappa shape index (κ2) is 13.3. The molecule has 1 amide bonds. The summed E-state index contributed by atoms with van der Waals surface area (Å²) >= 11 is 0. The zero-order valence-electron chi connectivity index (χ0n) is 21.7. The number of aliphatic hydroxyl groups is 1. The lowest BCUT2D eigenvalue weighted by atomic mass is 10.2. The molecule has 10 nitrogen and oxygen atoms in total. The van der Waals surface area contributed by atoms with Crippen LogP contribution in [0.25, 0.3) is 17.0 Å². The molecular weight excluding hydrogens is 480 g/mol. The van der Waals surface area contributed by atoms with Crippen LogP contribution in [0.4, 0.5) is 17.3 Å². The number of anilines is 3. The van der Waals surface area contributed by atoms with E-state index in [-0.39, 0.29) is 12.5 Å². The van der Waals surface area contributed by atoms with Crippen LogP contribution in [0.2, 0.25) is 0 Å². The van der Waals surface area contributed by atoms with Crippen LogP contribution < -0.4 is 10.6 Å². The molecular formula is C28H32N8O2. The highest BCUT2D eigenvalue weighted by molar-refractivity contribution is 5.88. The molecule has 196 valence electrons. The van der Waals surface area contributed by atoms with E-state index in [1.54, 1.807) is 29.0 Å². The van der Waals surface area contributed by atoms with Crippen LogP contribution in [0, 0.1) is 11.8 Å². The molecule has 0 fully saturated rings. The number of carbonyl (C=O) groups is 1. The summed E-state index contributed by atoms with van der Waals surface area (Å²) in [7, 11) is 0. The van der Waals surface area contributed by atoms with E-state index in [1.807, 2.05) is 30.5 Å². The zero-order valence-corrected chi connectivity index (χ0v) is 21.7. The van der Waals surface area contributed by atoms with Gasteiger partial charge in [0.2, 0.25) is 11.7 Å². The number of nitrogens with zero attached hydrogens (tertiary/aromatic N) is 6. The van der Waals surface area contributed by atoms with E-state index in [1.165, 1.54) is 6.92 Å². The molecule has 0 aliphatic carbocycles. The average Bonchev–Trinajstić information content (AvgIpc) is 3.32. The Morgan fingerprint density at radius 2 is 2.00 bits per heavy atom. The number of rotatable bonds is 11. The molecule has 10 heteroatoms. The molecule has 38 heavy (non-hydrogen) atoms. The fourth-order valence-electron chi connectivity index (χ4n) is 4.07. The first-order valence-electron chi connectivity index (χ1n) is 12.7. The Morgan fingerprint density at radius 1 is 1.11 bits per heavy atom. The van der Waals surface area contributed by atoms with Gasteiger partial charge in [-0.2, -0.15) is 0 Å². The molecule has 4 heterocycles. The van der Waals surface area contributed by atoms with Gasteiger partial charge >= 0.3 is 0 Å². The van der Waals surface area contributed by atoms with E-state index in [0.717, 1.165) is 42.7 Å². The van der Waals surface area contributed by atoms with Crippen molar-refractivity contribution in [1.82, 2.24) is 29.5 Å². The van der Waals surface area contributed by atoms with Crippen LogP contribution in [0.1, 0.15) is 32.3 Å². The minimum absolute atomic E-state index is 0.157. The fraction of sp³-hybridized carbons (Fsp3) is 0.321. The Kier molecular flexibility index (Phi) is 9.34. The number of fused-ring (bicyclic) bond motifs is 1. The summed E-state index contributed by atoms with van der Waals surface area (Å²) in [5.41, 5.74) is 3.17. The van der Waals surface area contributed by atoms with Crippen molar-refractivity contribution in [2.75, 3.05) is 36.9 Å². The topological polar surface area (TPSA) is 121 Å². The smallest absolute Gasteiger partial charge is 0.222 e. The number of hydrogen-bond donors (Lipinski definition) is 3. The van der Waals surface area contributed by atoms with Crippen molar-refractivity contribution in [2.24, 2.45) is 0 Å². The van der Waals surface area contributed by atoms with Gasteiger partial charge < -0.3 is 20.6 Å². The van der Waals surface area contributed by atoms with Crippen molar-refractivity contribution >= 4 is 28.7 Å². The number of carbonyl (C=O) groups excluding carboxylic acids is 1. The van der Waals surface area contributed by atoms with Gasteiger partial charge in [0.15, 0.2) is 5.82 Å². The Labute approximate surface area is 222 Å². The maximum absolute atomic E-state index is 11.5. The quantitative estimate of drug-likeness (QED) is 0.261. The van der Waals surface area contributed by atoms with Crippen molar-refractivity contribution in [3.8, 4) is 23.4 Å². The number of aromatic nitrogens is 5. The molecule has 4 aromatic heterocycles. The summed E-state index contributed by atoms with van der Waals surface area (Å²) in [6, 6.07) is 11.2. The van der Waals surface area contributed by atoms with Crippen LogP contribution in [0.15, 0.2) is 55.0 Å². The minimum atomic E-state index is -0.196. The third-order valence-electron chi connectivity index (χ3n) is 5.73. The number of nitrogens with one attached hydrogen (secondary N) is 2. The van der Waals surface area contributed by atoms with E-state index in [9.17, 15) is 9.90 Å². The van der Waals surface area contributed by atoms with E-state index < -0.39 is 0 Å². The molecule has 4 rings (SSSR count). The van der Waals surface area contributed by atoms with Crippen molar-refractivity contribution in [3.63, 3.8) is 0 Å². The van der Waals surface area contributed by atoms with E-state index in [4.69, 9.17) is 4.98 Å². The molecule has 0 aliphatic rings. The van der Waals surface area contributed by atoms with Gasteiger partial charge in [0.05, 0.1) is 6.61 Å². The highest BCUT2D eigenvalue weighted by atomic mass is 16.3. The van der Waals surface area contributed by atoms with Crippen LogP contribution in [-0.4, -0.2) is 66.7 Å². The molecule has 0 unspecified atom stereocenters. The van der Waals surface area contributed by atoms with Gasteiger partial charge in [-0.15, -0.1) is 11.0 Å². The van der Waals surface area contributed by atoms with Gasteiger partial charge in [-0.05, 0) is 42.8 Å². The maximum atomic E-state index is 11.5. The Morgan fingerprint density at radius 3 is 2.76 bits per heavy atom. The molecule has 0 aromatic carbocycles. The number of pyridine rings is 2. The predicted octanol–water partition coefficient (Wildman–Crippen LogP) is 3.53. The third-order valence-corrected chi connectivity index (χ3v) is 5.73. The fourth-order valence-corrected chi connectivity index (χ4v) is 4.07. The lowest BCUT2D eigenvalue weighted by molar-refractivity contribution is -0.114. The molecule has 0 saturated heterocycles. The van der Waals surface area contributed by atoms with Gasteiger partial charge in [0.1, 0.15) is 17.0 Å². The van der Waals surface area contributed by atoms with Gasteiger partial charge in [-0.3, -0.25) is 9.78 Å². The second-order valence-electron chi connectivity index (χ2n) is 8.71. The third kappa shape index (κ3) is 7.12. The number of aliphatic hydroxyl groups excluding tert-OH is 1. The first-order chi connectivity index (χ1) is 18.6. The first kappa shape index (κ1) is 26.7. The Hall–Kier alpha value is -4.33. The lowest BCUT2D eigenvalue weighted by Crippen LogP contribution is -2.28. The molecule has 0 saturated carbocycles. The Bertz CT molecular complexity index is 1420. The molecule has 0 bridgehead atoms. The molecule has 3 N–H and O–H groups in total.